The van der Waals surface area contributed by atoms with Crippen molar-refractivity contribution in [3.63, 3.8) is 0 Å². The standard InChI is InChI=1S/C17H21N3O/c1-3-4-16-19-15(11-17(18-2)20-16)12-5-7-13(8-6-12)21-14-9-10-14/h5-8,11,14H,3-4,9-10H2,1-2H3,(H,18,19,20). The van der Waals surface area contributed by atoms with Gasteiger partial charge < -0.3 is 10.1 Å². The first-order valence-electron chi connectivity index (χ1n) is 7.61. The van der Waals surface area contributed by atoms with E-state index in [1.807, 2.05) is 25.2 Å². The first kappa shape index (κ1) is 13.9. The number of aromatic nitrogens is 2. The molecule has 21 heavy (non-hydrogen) atoms. The van der Waals surface area contributed by atoms with Gasteiger partial charge in [-0.05, 0) is 43.5 Å². The van der Waals surface area contributed by atoms with E-state index < -0.39 is 0 Å². The molecule has 1 aliphatic rings. The predicted molar refractivity (Wildman–Crippen MR) is 84.7 cm³/mol. The summed E-state index contributed by atoms with van der Waals surface area (Å²) in [6.07, 6.45) is 4.73. The molecule has 1 aromatic heterocycles. The van der Waals surface area contributed by atoms with E-state index >= 15 is 0 Å². The molecular weight excluding hydrogens is 262 g/mol. The van der Waals surface area contributed by atoms with Gasteiger partial charge in [-0.3, -0.25) is 0 Å². The average molecular weight is 283 g/mol. The van der Waals surface area contributed by atoms with Gasteiger partial charge in [0.2, 0.25) is 0 Å². The van der Waals surface area contributed by atoms with Gasteiger partial charge >= 0.3 is 0 Å². The molecular formula is C17H21N3O. The summed E-state index contributed by atoms with van der Waals surface area (Å²) in [5.74, 6) is 2.69. The van der Waals surface area contributed by atoms with E-state index in [4.69, 9.17) is 4.74 Å². The fraction of sp³-hybridized carbons (Fsp3) is 0.412. The molecule has 0 spiro atoms. The van der Waals surface area contributed by atoms with Crippen molar-refractivity contribution in [2.24, 2.45) is 0 Å². The lowest BCUT2D eigenvalue weighted by atomic mass is 10.1. The molecule has 0 saturated heterocycles. The maximum absolute atomic E-state index is 5.78. The number of hydrogen-bond acceptors (Lipinski definition) is 4. The Morgan fingerprint density at radius 3 is 2.57 bits per heavy atom. The van der Waals surface area contributed by atoms with Gasteiger partial charge in [0.05, 0.1) is 11.8 Å². The average Bonchev–Trinajstić information content (AvgIpc) is 3.32. The molecule has 2 aromatic rings. The Bertz CT molecular complexity index is 606. The van der Waals surface area contributed by atoms with Crippen LogP contribution in [0.4, 0.5) is 5.82 Å². The SMILES string of the molecule is CCCc1nc(NC)cc(-c2ccc(OC3CC3)cc2)n1. The lowest BCUT2D eigenvalue weighted by Gasteiger charge is -2.09. The lowest BCUT2D eigenvalue weighted by molar-refractivity contribution is 0.303. The minimum atomic E-state index is 0.432. The smallest absolute Gasteiger partial charge is 0.131 e. The third kappa shape index (κ3) is 3.51. The molecule has 1 heterocycles. The third-order valence-corrected chi connectivity index (χ3v) is 3.48. The zero-order valence-corrected chi connectivity index (χ0v) is 12.6. The molecule has 0 unspecified atom stereocenters. The summed E-state index contributed by atoms with van der Waals surface area (Å²) >= 11 is 0. The fourth-order valence-corrected chi connectivity index (χ4v) is 2.19. The minimum absolute atomic E-state index is 0.432. The second-order valence-electron chi connectivity index (χ2n) is 5.40. The number of aryl methyl sites for hydroxylation is 1. The molecule has 0 atom stereocenters. The summed E-state index contributed by atoms with van der Waals surface area (Å²) in [6, 6.07) is 10.2. The number of rotatable bonds is 6. The summed E-state index contributed by atoms with van der Waals surface area (Å²) in [7, 11) is 1.88. The Labute approximate surface area is 125 Å². The van der Waals surface area contributed by atoms with E-state index in [1.165, 1.54) is 12.8 Å². The summed E-state index contributed by atoms with van der Waals surface area (Å²) in [5, 5.41) is 3.11. The lowest BCUT2D eigenvalue weighted by Crippen LogP contribution is -2.01. The van der Waals surface area contributed by atoms with Gasteiger partial charge in [0.1, 0.15) is 17.4 Å². The normalized spacial score (nSPS) is 14.0. The highest BCUT2D eigenvalue weighted by atomic mass is 16.5. The minimum Gasteiger partial charge on any atom is -0.490 e. The molecule has 1 fully saturated rings. The van der Waals surface area contributed by atoms with Gasteiger partial charge in [0.15, 0.2) is 0 Å². The van der Waals surface area contributed by atoms with Crippen LogP contribution in [0.2, 0.25) is 0 Å². The van der Waals surface area contributed by atoms with Crippen LogP contribution in [0.15, 0.2) is 30.3 Å². The molecule has 4 heteroatoms. The van der Waals surface area contributed by atoms with Crippen molar-refractivity contribution in [3.8, 4) is 17.0 Å². The summed E-state index contributed by atoms with van der Waals surface area (Å²) in [4.78, 5) is 9.14. The molecule has 110 valence electrons. The van der Waals surface area contributed by atoms with E-state index in [0.29, 0.717) is 6.10 Å². The second-order valence-corrected chi connectivity index (χ2v) is 5.40. The van der Waals surface area contributed by atoms with Gasteiger partial charge in [-0.15, -0.1) is 0 Å². The molecule has 0 amide bonds. The van der Waals surface area contributed by atoms with E-state index in [9.17, 15) is 0 Å². The van der Waals surface area contributed by atoms with E-state index in [0.717, 1.165) is 41.5 Å². The zero-order valence-electron chi connectivity index (χ0n) is 12.6. The Balaban J connectivity index is 1.85. The van der Waals surface area contributed by atoms with Crippen LogP contribution in [0.3, 0.4) is 0 Å². The molecule has 4 nitrogen and oxygen atoms in total. The molecule has 0 radical (unpaired) electrons. The monoisotopic (exact) mass is 283 g/mol. The van der Waals surface area contributed by atoms with Crippen molar-refractivity contribution < 1.29 is 4.74 Å². The number of nitrogens with one attached hydrogen (secondary N) is 1. The van der Waals surface area contributed by atoms with E-state index in [-0.39, 0.29) is 0 Å². The van der Waals surface area contributed by atoms with Crippen LogP contribution >= 0.6 is 0 Å². The van der Waals surface area contributed by atoms with Crippen molar-refractivity contribution in [1.29, 1.82) is 0 Å². The zero-order chi connectivity index (χ0) is 14.7. The van der Waals surface area contributed by atoms with Gasteiger partial charge in [0, 0.05) is 25.1 Å². The molecule has 3 rings (SSSR count). The number of benzene rings is 1. The number of ether oxygens (including phenoxy) is 1. The van der Waals surface area contributed by atoms with Crippen LogP contribution < -0.4 is 10.1 Å². The molecule has 1 N–H and O–H groups in total. The highest BCUT2D eigenvalue weighted by Gasteiger charge is 2.23. The van der Waals surface area contributed by atoms with Crippen molar-refractivity contribution in [3.05, 3.63) is 36.2 Å². The predicted octanol–water partition coefficient (Wildman–Crippen LogP) is 3.68. The van der Waals surface area contributed by atoms with Gasteiger partial charge in [0.25, 0.3) is 0 Å². The van der Waals surface area contributed by atoms with Crippen LogP contribution in [0, 0.1) is 0 Å². The fourth-order valence-electron chi connectivity index (χ4n) is 2.19. The topological polar surface area (TPSA) is 47.0 Å². The van der Waals surface area contributed by atoms with E-state index in [1.54, 1.807) is 0 Å². The van der Waals surface area contributed by atoms with Crippen molar-refractivity contribution in [2.45, 2.75) is 38.7 Å². The second kappa shape index (κ2) is 6.12. The summed E-state index contributed by atoms with van der Waals surface area (Å²) < 4.78 is 5.78. The van der Waals surface area contributed by atoms with Crippen LogP contribution in [0.25, 0.3) is 11.3 Å². The van der Waals surface area contributed by atoms with Crippen molar-refractivity contribution in [1.82, 2.24) is 9.97 Å². The van der Waals surface area contributed by atoms with Crippen LogP contribution in [0.1, 0.15) is 32.0 Å². The number of hydrogen-bond donors (Lipinski definition) is 1. The highest BCUT2D eigenvalue weighted by molar-refractivity contribution is 5.63. The van der Waals surface area contributed by atoms with Crippen LogP contribution in [-0.2, 0) is 6.42 Å². The Morgan fingerprint density at radius 2 is 1.95 bits per heavy atom. The van der Waals surface area contributed by atoms with Crippen LogP contribution in [-0.4, -0.2) is 23.1 Å². The third-order valence-electron chi connectivity index (χ3n) is 3.48. The maximum atomic E-state index is 5.78. The van der Waals surface area contributed by atoms with Gasteiger partial charge in [-0.2, -0.15) is 0 Å². The Hall–Kier alpha value is -2.10. The van der Waals surface area contributed by atoms with E-state index in [2.05, 4.69) is 34.3 Å². The van der Waals surface area contributed by atoms with Crippen molar-refractivity contribution >= 4 is 5.82 Å². The first-order valence-corrected chi connectivity index (χ1v) is 7.61. The molecule has 1 saturated carbocycles. The summed E-state index contributed by atoms with van der Waals surface area (Å²) in [6.45, 7) is 2.14. The molecule has 1 aliphatic carbocycles. The largest absolute Gasteiger partial charge is 0.490 e. The van der Waals surface area contributed by atoms with Crippen LogP contribution in [0.5, 0.6) is 5.75 Å². The number of anilines is 1. The first-order chi connectivity index (χ1) is 10.3. The maximum Gasteiger partial charge on any atom is 0.131 e. The quantitative estimate of drug-likeness (QED) is 0.878. The Morgan fingerprint density at radius 1 is 1.19 bits per heavy atom. The van der Waals surface area contributed by atoms with Gasteiger partial charge in [-0.25, -0.2) is 9.97 Å². The molecule has 0 aliphatic heterocycles. The van der Waals surface area contributed by atoms with Crippen molar-refractivity contribution in [2.75, 3.05) is 12.4 Å². The Kier molecular flexibility index (Phi) is 4.04. The number of nitrogens with zero attached hydrogens (tertiary/aromatic N) is 2. The summed E-state index contributed by atoms with van der Waals surface area (Å²) in [5.41, 5.74) is 2.05. The molecule has 0 bridgehead atoms. The highest BCUT2D eigenvalue weighted by Crippen LogP contribution is 2.28. The van der Waals surface area contributed by atoms with Gasteiger partial charge in [-0.1, -0.05) is 6.92 Å². The molecule has 1 aromatic carbocycles.